The second-order valence-corrected chi connectivity index (χ2v) is 43.4. The first-order chi connectivity index (χ1) is 68.6. The zero-order valence-electron chi connectivity index (χ0n) is 85.1. The number of unbranched alkanes of at least 4 members (excludes halogenated alkanes) is 32. The van der Waals surface area contributed by atoms with Crippen LogP contribution in [-0.4, -0.2) is 92.1 Å². The van der Waals surface area contributed by atoms with E-state index in [0.717, 1.165) is 321 Å². The van der Waals surface area contributed by atoms with E-state index in [1.54, 1.807) is 84.1 Å². The molecular formula is C112H154B4F8N12S4. The molecule has 12 heterocycles. The topological polar surface area (TPSA) is 114 Å². The summed E-state index contributed by atoms with van der Waals surface area (Å²) in [5.74, 6) is 0.733. The van der Waals surface area contributed by atoms with Crippen LogP contribution in [0.3, 0.4) is 0 Å². The van der Waals surface area contributed by atoms with Gasteiger partial charge in [-0.15, -0.1) is 45.3 Å². The molecule has 0 saturated carbocycles. The molecule has 4 atom stereocenters. The van der Waals surface area contributed by atoms with Crippen molar-refractivity contribution in [3.05, 3.63) is 197 Å². The van der Waals surface area contributed by atoms with Crippen LogP contribution in [0.25, 0.3) is 32.5 Å². The van der Waals surface area contributed by atoms with Crippen LogP contribution in [0.1, 0.15) is 405 Å². The zero-order chi connectivity index (χ0) is 98.8. The number of halogens is 8. The van der Waals surface area contributed by atoms with Gasteiger partial charge >= 0.3 is 29.6 Å². The third-order valence-electron chi connectivity index (χ3n) is 28.5. The Hall–Kier alpha value is -8.06. The number of nitrogens with zero attached hydrogens (tertiary/aromatic N) is 12. The fourth-order valence-corrected chi connectivity index (χ4v) is 24.8. The predicted molar refractivity (Wildman–Crippen MR) is 584 cm³/mol. The molecule has 140 heavy (non-hydrogen) atoms. The average Bonchev–Trinajstić information content (AvgIpc) is 1.54. The van der Waals surface area contributed by atoms with E-state index < -0.39 is 29.6 Å². The quantitative estimate of drug-likeness (QED) is 0.0210. The van der Waals surface area contributed by atoms with E-state index in [4.69, 9.17) is 39.9 Å². The van der Waals surface area contributed by atoms with Gasteiger partial charge in [0, 0.05) is 34.5 Å². The van der Waals surface area contributed by atoms with Gasteiger partial charge in [0.2, 0.25) is 0 Å². The van der Waals surface area contributed by atoms with Crippen LogP contribution in [0.5, 0.6) is 0 Å². The fourth-order valence-electron chi connectivity index (χ4n) is 21.0. The molecule has 8 aromatic rings. The Kier molecular flexibility index (Phi) is 47.5. The van der Waals surface area contributed by atoms with Gasteiger partial charge < -0.3 is 19.2 Å². The third kappa shape index (κ3) is 31.0. The lowest BCUT2D eigenvalue weighted by Crippen LogP contribution is -2.38. The molecule has 8 aromatic heterocycles. The van der Waals surface area contributed by atoms with Crippen molar-refractivity contribution in [2.75, 3.05) is 0 Å². The number of aromatic nitrogens is 4. The third-order valence-corrected chi connectivity index (χ3v) is 32.6. The Morgan fingerprint density at radius 2 is 0.443 bits per heavy atom. The summed E-state index contributed by atoms with van der Waals surface area (Å²) >= 11 is 4.70. The monoisotopic (exact) mass is 1990 g/mol. The maximum absolute atomic E-state index is 17.9. The summed E-state index contributed by atoms with van der Waals surface area (Å²) in [4.78, 5) is 47.1. The maximum Gasteiger partial charge on any atom is 0.679 e. The van der Waals surface area contributed by atoms with Crippen molar-refractivity contribution in [3.63, 3.8) is 0 Å². The molecule has 0 fully saturated rings. The highest BCUT2D eigenvalue weighted by Gasteiger charge is 2.56. The lowest BCUT2D eigenvalue weighted by atomic mass is 9.89. The normalized spacial score (nSPS) is 16.0. The molecule has 0 amide bonds. The smallest absolute Gasteiger partial charge is 0.308 e. The van der Waals surface area contributed by atoms with Crippen LogP contribution in [0, 0.1) is 23.7 Å². The summed E-state index contributed by atoms with van der Waals surface area (Å²) in [5.41, 5.74) is 2.90. The van der Waals surface area contributed by atoms with Crippen molar-refractivity contribution in [2.24, 2.45) is 43.6 Å². The predicted octanol–water partition coefficient (Wildman–Crippen LogP) is 36.8. The van der Waals surface area contributed by atoms with Gasteiger partial charge in [0.15, 0.2) is 23.3 Å². The number of pyridine rings is 4. The molecule has 12 rings (SSSR count). The molecule has 0 spiro atoms. The second-order valence-electron chi connectivity index (χ2n) is 39.4. The van der Waals surface area contributed by atoms with Gasteiger partial charge in [-0.1, -0.05) is 400 Å². The molecule has 4 unspecified atom stereocenters. The average molecular weight is 1990 g/mol. The van der Waals surface area contributed by atoms with E-state index in [0.29, 0.717) is 45.2 Å². The van der Waals surface area contributed by atoms with Gasteiger partial charge in [-0.2, -0.15) is 0 Å². The Balaban J connectivity index is 1.06. The SMILES string of the molecule is CCCCCCCCC(CCCCCC)Cc1cccnc1/N=C1/C2=C(c3ccc(-c4ccc(C5=C6C(=C(c7cccs7)N(B(F)F)/C6=N\c6ncccc6CC(CCCCCC)CCCCCCCC)/C(=N\c6ncccc6CC(CCCCCC)CCCCCCCC)N5B(F)F)s4)s3)N(B(F)F)/C(=N\c3ncccc3CC(CCCCCC)CCCCCCCC)C2=C(c2cccs2)N1B(F)F. The van der Waals surface area contributed by atoms with Crippen molar-refractivity contribution in [2.45, 2.75) is 389 Å². The summed E-state index contributed by atoms with van der Waals surface area (Å²) in [5, 5.41) is 3.58. The largest absolute Gasteiger partial charge is 0.679 e. The van der Waals surface area contributed by atoms with Crippen LogP contribution >= 0.6 is 45.3 Å². The Labute approximate surface area is 851 Å². The van der Waals surface area contributed by atoms with Gasteiger partial charge in [0.05, 0.1) is 64.6 Å². The lowest BCUT2D eigenvalue weighted by molar-refractivity contribution is 0.402. The molecule has 0 N–H and O–H groups in total. The van der Waals surface area contributed by atoms with E-state index in [1.807, 2.05) is 48.5 Å². The molecule has 0 bridgehead atoms. The summed E-state index contributed by atoms with van der Waals surface area (Å²) in [6.45, 7) is 17.7. The van der Waals surface area contributed by atoms with Crippen molar-refractivity contribution < 1.29 is 34.5 Å². The van der Waals surface area contributed by atoms with E-state index in [1.165, 1.54) is 74.0 Å². The van der Waals surface area contributed by atoms with Crippen molar-refractivity contribution in [3.8, 4) is 9.75 Å². The van der Waals surface area contributed by atoms with E-state index in [9.17, 15) is 0 Å². The Morgan fingerprint density at radius 1 is 0.243 bits per heavy atom. The summed E-state index contributed by atoms with van der Waals surface area (Å²) in [6, 6.07) is 29.3. The van der Waals surface area contributed by atoms with Crippen molar-refractivity contribution in [1.82, 2.24) is 39.2 Å². The highest BCUT2D eigenvalue weighted by Crippen LogP contribution is 2.56. The molecule has 0 aromatic carbocycles. The molecule has 4 aliphatic rings. The second kappa shape index (κ2) is 60.0. The molecule has 12 nitrogen and oxygen atoms in total. The number of fused-ring (bicyclic) bond motifs is 2. The number of aliphatic imine (C=N–C) groups is 4. The van der Waals surface area contributed by atoms with Gasteiger partial charge in [-0.25, -0.2) is 39.9 Å². The highest BCUT2D eigenvalue weighted by molar-refractivity contribution is 7.23. The molecular weight excluding hydrogens is 1840 g/mol. The van der Waals surface area contributed by atoms with Crippen molar-refractivity contribution in [1.29, 1.82) is 0 Å². The number of hydrogen-bond donors (Lipinski definition) is 0. The van der Waals surface area contributed by atoms with Crippen molar-refractivity contribution >= 4 is 144 Å². The zero-order valence-corrected chi connectivity index (χ0v) is 88.4. The minimum atomic E-state index is -3.33. The van der Waals surface area contributed by atoms with Crippen LogP contribution in [0.15, 0.2) is 175 Å². The first-order valence-corrected chi connectivity index (χ1v) is 57.6. The molecule has 0 radical (unpaired) electrons. The van der Waals surface area contributed by atoms with E-state index in [-0.39, 0.29) is 125 Å². The summed E-state index contributed by atoms with van der Waals surface area (Å²) in [6.07, 6.45) is 61.2. The molecule has 28 heteroatoms. The molecule has 0 saturated heterocycles. The Morgan fingerprint density at radius 3 is 0.650 bits per heavy atom. The number of amidine groups is 4. The highest BCUT2D eigenvalue weighted by atomic mass is 32.1. The summed E-state index contributed by atoms with van der Waals surface area (Å²) < 4.78 is 141. The first kappa shape index (κ1) is 111. The standard InChI is InChI=1S/C112H154B4F8N12S4/c1-9-17-25-33-37-45-59-83(55-41-29-21-13-5)79-87-63-49-73-125-105(87)129-109-97-99(111(133(113(117)118)101(97)93-67-53-77-137-93)131-107-89(65-51-75-127-107)81-85(57-43-31-23-15-7)61-47-39-35-27-19-11-3)103(135(109)115(121)122)95-71-69-91(139-95)92-70-72-96(140-92)104-100-98(110(136(104)116(123)124)130-106-88(64-50-74-126-106)80-84(56-42-30-22-14-6)60-46-38-34-26-18-10-2)102(94-68-54-78-138-94)134(114(119)120)112(100)132-108-90(66-52-76-128-108)82-86(58-44-32-24-16-8)62-48-40-36-28-20-12-4/h49-54,63-78,83-86H,9-48,55-62,79-82H2,1-8H3/b129-109-,130-110+,131-111-,132-112-. The van der Waals surface area contributed by atoms with Gasteiger partial charge in [-0.3, -0.25) is 34.5 Å². The van der Waals surface area contributed by atoms with Crippen LogP contribution in [-0.2, 0) is 25.7 Å². The van der Waals surface area contributed by atoms with Crippen LogP contribution in [0.2, 0.25) is 0 Å². The van der Waals surface area contributed by atoms with Crippen LogP contribution < -0.4 is 0 Å². The molecule has 754 valence electrons. The van der Waals surface area contributed by atoms with Gasteiger partial charge in [0.1, 0.15) is 23.3 Å². The number of hydrogen-bond acceptors (Lipinski definition) is 12. The first-order valence-electron chi connectivity index (χ1n) is 54.3. The van der Waals surface area contributed by atoms with E-state index in [2.05, 4.69) is 55.4 Å². The Bertz CT molecular complexity index is 4980. The minimum absolute atomic E-state index is 0.0182. The van der Waals surface area contributed by atoms with Gasteiger partial charge in [0.25, 0.3) is 0 Å². The molecule has 0 aliphatic carbocycles. The fraction of sp³-hybridized carbons (Fsp3) is 0.571. The minimum Gasteiger partial charge on any atom is -0.308 e. The maximum atomic E-state index is 17.9. The van der Waals surface area contributed by atoms with Crippen LogP contribution in [0.4, 0.5) is 57.8 Å². The van der Waals surface area contributed by atoms with E-state index >= 15 is 34.5 Å². The summed E-state index contributed by atoms with van der Waals surface area (Å²) in [7, 11) is -13.2. The van der Waals surface area contributed by atoms with Gasteiger partial charge in [-0.05, 0) is 143 Å². The lowest BCUT2D eigenvalue weighted by Gasteiger charge is -2.25. The number of rotatable bonds is 69. The molecule has 4 aliphatic heterocycles. The number of thiophene rings is 4.